The molecule has 0 spiro atoms. The average Bonchev–Trinajstić information content (AvgIpc) is 2.21. The largest absolute Gasteiger partial charge is 0.329 e. The third-order valence-electron chi connectivity index (χ3n) is 3.06. The molecule has 18 heavy (non-hydrogen) atoms. The summed E-state index contributed by atoms with van der Waals surface area (Å²) in [6, 6.07) is 6.79. The maximum atomic E-state index is 5.96. The molecular weight excluding hydrogens is 288 g/mol. The molecule has 0 aliphatic rings. The number of benzene rings is 1. The Kier molecular flexibility index (Phi) is 5.38. The van der Waals surface area contributed by atoms with Crippen LogP contribution in [-0.2, 0) is 0 Å². The van der Waals surface area contributed by atoms with Crippen LogP contribution in [0.15, 0.2) is 22.7 Å². The van der Waals surface area contributed by atoms with Crippen molar-refractivity contribution in [2.24, 2.45) is 11.1 Å². The first-order valence-corrected chi connectivity index (χ1v) is 7.20. The molecule has 0 radical (unpaired) electrons. The predicted octanol–water partition coefficient (Wildman–Crippen LogP) is 3.74. The van der Waals surface area contributed by atoms with Crippen molar-refractivity contribution < 1.29 is 0 Å². The minimum Gasteiger partial charge on any atom is -0.329 e. The second-order valence-corrected chi connectivity index (χ2v) is 7.09. The Morgan fingerprint density at radius 2 is 1.94 bits per heavy atom. The lowest BCUT2D eigenvalue weighted by molar-refractivity contribution is 0.175. The van der Waals surface area contributed by atoms with Gasteiger partial charge in [-0.3, -0.25) is 4.90 Å². The van der Waals surface area contributed by atoms with Gasteiger partial charge < -0.3 is 5.73 Å². The highest BCUT2D eigenvalue weighted by atomic mass is 79.9. The molecule has 102 valence electrons. The standard InChI is InChI=1S/C15H25BrN2/c1-11-6-7-12(8-13(11)16)14(9-17)18(5)10-15(2,3)4/h6-8,14H,9-10,17H2,1-5H3. The molecule has 0 bridgehead atoms. The van der Waals surface area contributed by atoms with Crippen LogP contribution in [0.4, 0.5) is 0 Å². The Hall–Kier alpha value is -0.380. The second-order valence-electron chi connectivity index (χ2n) is 6.24. The number of rotatable bonds is 4. The number of nitrogens with two attached hydrogens (primary N) is 1. The molecule has 0 aromatic heterocycles. The normalized spacial score (nSPS) is 14.0. The van der Waals surface area contributed by atoms with Gasteiger partial charge in [0.15, 0.2) is 0 Å². The third kappa shape index (κ3) is 4.38. The lowest BCUT2D eigenvalue weighted by Crippen LogP contribution is -2.36. The average molecular weight is 313 g/mol. The van der Waals surface area contributed by atoms with E-state index in [0.717, 1.165) is 11.0 Å². The van der Waals surface area contributed by atoms with Gasteiger partial charge in [0.2, 0.25) is 0 Å². The van der Waals surface area contributed by atoms with E-state index >= 15 is 0 Å². The Bertz CT molecular complexity index is 396. The van der Waals surface area contributed by atoms with Gasteiger partial charge in [0.25, 0.3) is 0 Å². The molecule has 2 nitrogen and oxygen atoms in total. The lowest BCUT2D eigenvalue weighted by Gasteiger charge is -2.33. The SMILES string of the molecule is Cc1ccc(C(CN)N(C)CC(C)(C)C)cc1Br. The van der Waals surface area contributed by atoms with Crippen LogP contribution in [0, 0.1) is 12.3 Å². The Labute approximate surface area is 120 Å². The van der Waals surface area contributed by atoms with Crippen LogP contribution >= 0.6 is 15.9 Å². The molecule has 2 N–H and O–H groups in total. The molecule has 1 unspecified atom stereocenters. The van der Waals surface area contributed by atoms with Gasteiger partial charge in [-0.1, -0.05) is 48.8 Å². The first-order valence-electron chi connectivity index (χ1n) is 6.41. The fourth-order valence-electron chi connectivity index (χ4n) is 2.25. The van der Waals surface area contributed by atoms with Crippen LogP contribution in [0.25, 0.3) is 0 Å². The van der Waals surface area contributed by atoms with Crippen molar-refractivity contribution in [1.82, 2.24) is 4.90 Å². The molecule has 1 atom stereocenters. The quantitative estimate of drug-likeness (QED) is 0.917. The van der Waals surface area contributed by atoms with Crippen molar-refractivity contribution >= 4 is 15.9 Å². The van der Waals surface area contributed by atoms with Gasteiger partial charge in [-0.05, 0) is 36.6 Å². The Morgan fingerprint density at radius 1 is 1.33 bits per heavy atom. The minimum absolute atomic E-state index is 0.279. The van der Waals surface area contributed by atoms with E-state index < -0.39 is 0 Å². The van der Waals surface area contributed by atoms with Crippen LogP contribution < -0.4 is 5.73 Å². The van der Waals surface area contributed by atoms with Crippen molar-refractivity contribution in [1.29, 1.82) is 0 Å². The van der Waals surface area contributed by atoms with Gasteiger partial charge >= 0.3 is 0 Å². The van der Waals surface area contributed by atoms with E-state index in [4.69, 9.17) is 5.73 Å². The highest BCUT2D eigenvalue weighted by Gasteiger charge is 2.21. The van der Waals surface area contributed by atoms with Gasteiger partial charge in [-0.2, -0.15) is 0 Å². The number of halogens is 1. The topological polar surface area (TPSA) is 29.3 Å². The third-order valence-corrected chi connectivity index (χ3v) is 3.91. The number of hydrogen-bond donors (Lipinski definition) is 1. The molecule has 0 saturated heterocycles. The zero-order chi connectivity index (χ0) is 13.9. The maximum Gasteiger partial charge on any atom is 0.0468 e. The minimum atomic E-state index is 0.279. The number of likely N-dealkylation sites (N-methyl/N-ethyl adjacent to an activating group) is 1. The summed E-state index contributed by atoms with van der Waals surface area (Å²) in [5, 5.41) is 0. The first-order chi connectivity index (χ1) is 8.24. The zero-order valence-electron chi connectivity index (χ0n) is 12.1. The molecule has 0 amide bonds. The second kappa shape index (κ2) is 6.18. The predicted molar refractivity (Wildman–Crippen MR) is 82.8 cm³/mol. The molecule has 0 aliphatic heterocycles. The number of nitrogens with zero attached hydrogens (tertiary/aromatic N) is 1. The summed E-state index contributed by atoms with van der Waals surface area (Å²) in [6.45, 7) is 10.5. The van der Waals surface area contributed by atoms with Crippen molar-refractivity contribution in [3.8, 4) is 0 Å². The molecular formula is C15H25BrN2. The van der Waals surface area contributed by atoms with Crippen molar-refractivity contribution in [2.45, 2.75) is 33.7 Å². The fraction of sp³-hybridized carbons (Fsp3) is 0.600. The van der Waals surface area contributed by atoms with E-state index in [1.807, 2.05) is 0 Å². The Balaban J connectivity index is 2.91. The van der Waals surface area contributed by atoms with E-state index in [9.17, 15) is 0 Å². The number of hydrogen-bond acceptors (Lipinski definition) is 2. The van der Waals surface area contributed by atoms with Gasteiger partial charge in [0, 0.05) is 23.6 Å². The van der Waals surface area contributed by atoms with Gasteiger partial charge in [0.05, 0.1) is 0 Å². The summed E-state index contributed by atoms with van der Waals surface area (Å²) in [7, 11) is 2.15. The zero-order valence-corrected chi connectivity index (χ0v) is 13.7. The summed E-state index contributed by atoms with van der Waals surface area (Å²) in [4.78, 5) is 2.34. The monoisotopic (exact) mass is 312 g/mol. The molecule has 1 rings (SSSR count). The van der Waals surface area contributed by atoms with Crippen molar-refractivity contribution in [3.63, 3.8) is 0 Å². The van der Waals surface area contributed by atoms with Gasteiger partial charge in [-0.15, -0.1) is 0 Å². The van der Waals surface area contributed by atoms with Crippen LogP contribution in [0.2, 0.25) is 0 Å². The lowest BCUT2D eigenvalue weighted by atomic mass is 9.94. The smallest absolute Gasteiger partial charge is 0.0468 e. The molecule has 1 aromatic carbocycles. The molecule has 1 aromatic rings. The highest BCUT2D eigenvalue weighted by Crippen LogP contribution is 2.26. The summed E-state index contributed by atoms with van der Waals surface area (Å²) in [5.74, 6) is 0. The van der Waals surface area contributed by atoms with E-state index in [1.54, 1.807) is 0 Å². The maximum absolute atomic E-state index is 5.96. The van der Waals surface area contributed by atoms with Crippen molar-refractivity contribution in [2.75, 3.05) is 20.1 Å². The Morgan fingerprint density at radius 3 is 2.39 bits per heavy atom. The number of aryl methyl sites for hydroxylation is 1. The van der Waals surface area contributed by atoms with Gasteiger partial charge in [-0.25, -0.2) is 0 Å². The summed E-state index contributed by atoms with van der Waals surface area (Å²) < 4.78 is 1.16. The summed E-state index contributed by atoms with van der Waals surface area (Å²) >= 11 is 3.59. The summed E-state index contributed by atoms with van der Waals surface area (Å²) in [6.07, 6.45) is 0. The molecule has 0 heterocycles. The molecule has 0 aliphatic carbocycles. The van der Waals surface area contributed by atoms with Crippen LogP contribution in [0.1, 0.15) is 37.9 Å². The summed E-state index contributed by atoms with van der Waals surface area (Å²) in [5.41, 5.74) is 8.77. The molecule has 0 fully saturated rings. The van der Waals surface area contributed by atoms with E-state index in [2.05, 4.69) is 73.8 Å². The van der Waals surface area contributed by atoms with E-state index in [1.165, 1.54) is 11.1 Å². The van der Waals surface area contributed by atoms with E-state index in [0.29, 0.717) is 6.54 Å². The fourth-order valence-corrected chi connectivity index (χ4v) is 2.64. The van der Waals surface area contributed by atoms with Crippen LogP contribution in [0.5, 0.6) is 0 Å². The van der Waals surface area contributed by atoms with E-state index in [-0.39, 0.29) is 11.5 Å². The molecule has 0 saturated carbocycles. The highest BCUT2D eigenvalue weighted by molar-refractivity contribution is 9.10. The van der Waals surface area contributed by atoms with Crippen LogP contribution in [-0.4, -0.2) is 25.0 Å². The molecule has 3 heteroatoms. The van der Waals surface area contributed by atoms with Crippen LogP contribution in [0.3, 0.4) is 0 Å². The van der Waals surface area contributed by atoms with Crippen molar-refractivity contribution in [3.05, 3.63) is 33.8 Å². The van der Waals surface area contributed by atoms with Gasteiger partial charge in [0.1, 0.15) is 0 Å². The first kappa shape index (κ1) is 15.7.